The molecule has 0 radical (unpaired) electrons. The van der Waals surface area contributed by atoms with E-state index in [-0.39, 0.29) is 38.8 Å². The van der Waals surface area contributed by atoms with E-state index in [1.165, 1.54) is 24.4 Å². The minimum absolute atomic E-state index is 0.0209. The molecule has 0 atom stereocenters. The van der Waals surface area contributed by atoms with Crippen LogP contribution in [0, 0.1) is 15.5 Å². The molecule has 1 aromatic carbocycles. The first-order valence-corrected chi connectivity index (χ1v) is 6.26. The summed E-state index contributed by atoms with van der Waals surface area (Å²) in [4.78, 5) is 14.1. The zero-order valence-electron chi connectivity index (χ0n) is 10.3. The number of amidine groups is 1. The normalized spacial score (nSPS) is 10.2. The molecule has 0 spiro atoms. The third-order valence-electron chi connectivity index (χ3n) is 2.48. The fourth-order valence-corrected chi connectivity index (χ4v) is 1.90. The van der Waals surface area contributed by atoms with Gasteiger partial charge < -0.3 is 10.5 Å². The van der Waals surface area contributed by atoms with Crippen LogP contribution in [0.4, 0.5) is 5.69 Å². The Labute approximate surface area is 128 Å². The molecule has 9 heteroatoms. The molecule has 7 nitrogen and oxygen atoms in total. The standard InChI is InChI=1S/C12H8Cl2N4O3/c13-8-2-1-6(18(19)20)5-9(8)21-12-10(14)7(11(15)16)3-4-17-12/h1-5H,(H3,15,16). The Morgan fingerprint density at radius 2 is 2.10 bits per heavy atom. The largest absolute Gasteiger partial charge is 0.436 e. The monoisotopic (exact) mass is 326 g/mol. The van der Waals surface area contributed by atoms with Gasteiger partial charge >= 0.3 is 0 Å². The van der Waals surface area contributed by atoms with Gasteiger partial charge in [-0.1, -0.05) is 23.2 Å². The summed E-state index contributed by atoms with van der Waals surface area (Å²) in [5, 5.41) is 18.3. The van der Waals surface area contributed by atoms with Gasteiger partial charge in [-0.3, -0.25) is 15.5 Å². The molecule has 0 saturated heterocycles. The molecule has 2 rings (SSSR count). The Kier molecular flexibility index (Phi) is 4.25. The van der Waals surface area contributed by atoms with Crippen LogP contribution in [0.3, 0.4) is 0 Å². The van der Waals surface area contributed by atoms with Crippen LogP contribution in [-0.2, 0) is 0 Å². The van der Waals surface area contributed by atoms with Gasteiger partial charge in [0.05, 0.1) is 16.0 Å². The first kappa shape index (κ1) is 15.0. The van der Waals surface area contributed by atoms with Gasteiger partial charge in [0.1, 0.15) is 10.9 Å². The number of hydrogen-bond acceptors (Lipinski definition) is 5. The van der Waals surface area contributed by atoms with Crippen molar-refractivity contribution in [1.82, 2.24) is 4.98 Å². The zero-order chi connectivity index (χ0) is 15.6. The van der Waals surface area contributed by atoms with Crippen molar-refractivity contribution in [2.24, 2.45) is 5.73 Å². The lowest BCUT2D eigenvalue weighted by Crippen LogP contribution is -2.12. The van der Waals surface area contributed by atoms with Gasteiger partial charge in [-0.15, -0.1) is 0 Å². The number of pyridine rings is 1. The second kappa shape index (κ2) is 5.94. The van der Waals surface area contributed by atoms with Crippen molar-refractivity contribution in [3.63, 3.8) is 0 Å². The average Bonchev–Trinajstić information content (AvgIpc) is 2.42. The Morgan fingerprint density at radius 1 is 1.38 bits per heavy atom. The van der Waals surface area contributed by atoms with Gasteiger partial charge in [-0.25, -0.2) is 4.98 Å². The highest BCUT2D eigenvalue weighted by molar-refractivity contribution is 6.35. The van der Waals surface area contributed by atoms with E-state index in [1.54, 1.807) is 0 Å². The summed E-state index contributed by atoms with van der Waals surface area (Å²) >= 11 is 11.9. The second-order valence-corrected chi connectivity index (χ2v) is 4.65. The van der Waals surface area contributed by atoms with Crippen molar-refractivity contribution in [2.45, 2.75) is 0 Å². The van der Waals surface area contributed by atoms with Crippen LogP contribution >= 0.6 is 23.2 Å². The lowest BCUT2D eigenvalue weighted by atomic mass is 10.2. The summed E-state index contributed by atoms with van der Waals surface area (Å²) < 4.78 is 5.39. The molecule has 2 aromatic rings. The zero-order valence-corrected chi connectivity index (χ0v) is 11.9. The Bertz CT molecular complexity index is 736. The van der Waals surface area contributed by atoms with Gasteiger partial charge in [0.2, 0.25) is 5.88 Å². The second-order valence-electron chi connectivity index (χ2n) is 3.87. The van der Waals surface area contributed by atoms with Gasteiger partial charge in [0, 0.05) is 17.8 Å². The van der Waals surface area contributed by atoms with Gasteiger partial charge in [-0.2, -0.15) is 0 Å². The molecule has 0 amide bonds. The third-order valence-corrected chi connectivity index (χ3v) is 3.16. The fourth-order valence-electron chi connectivity index (χ4n) is 1.49. The van der Waals surface area contributed by atoms with Crippen molar-refractivity contribution < 1.29 is 9.66 Å². The van der Waals surface area contributed by atoms with E-state index in [0.29, 0.717) is 0 Å². The Hall–Kier alpha value is -2.38. The summed E-state index contributed by atoms with van der Waals surface area (Å²) in [6.45, 7) is 0. The van der Waals surface area contributed by atoms with E-state index >= 15 is 0 Å². The number of nitrogens with two attached hydrogens (primary N) is 1. The molecule has 0 bridgehead atoms. The van der Waals surface area contributed by atoms with Crippen LogP contribution in [0.5, 0.6) is 11.6 Å². The van der Waals surface area contributed by atoms with E-state index in [1.807, 2.05) is 0 Å². The van der Waals surface area contributed by atoms with Crippen molar-refractivity contribution in [2.75, 3.05) is 0 Å². The number of nitrogens with zero attached hydrogens (tertiary/aromatic N) is 2. The number of nitro benzene ring substituents is 1. The van der Waals surface area contributed by atoms with E-state index in [9.17, 15) is 10.1 Å². The number of halogens is 2. The van der Waals surface area contributed by atoms with Crippen molar-refractivity contribution in [3.8, 4) is 11.6 Å². The summed E-state index contributed by atoms with van der Waals surface area (Å²) in [6, 6.07) is 5.18. The molecule has 0 aliphatic rings. The molecule has 1 heterocycles. The number of rotatable bonds is 4. The highest BCUT2D eigenvalue weighted by Gasteiger charge is 2.16. The quantitative estimate of drug-likeness (QED) is 0.386. The van der Waals surface area contributed by atoms with E-state index in [2.05, 4.69) is 4.98 Å². The first-order chi connectivity index (χ1) is 9.90. The van der Waals surface area contributed by atoms with Gasteiger partial charge in [0.25, 0.3) is 5.69 Å². The minimum atomic E-state index is -0.579. The number of benzene rings is 1. The lowest BCUT2D eigenvalue weighted by Gasteiger charge is -2.10. The SMILES string of the molecule is N=C(N)c1ccnc(Oc2cc([N+](=O)[O-])ccc2Cl)c1Cl. The highest BCUT2D eigenvalue weighted by atomic mass is 35.5. The molecule has 0 saturated carbocycles. The van der Waals surface area contributed by atoms with Crippen LogP contribution in [0.1, 0.15) is 5.56 Å². The summed E-state index contributed by atoms with van der Waals surface area (Å²) in [5.74, 6) is -0.273. The lowest BCUT2D eigenvalue weighted by molar-refractivity contribution is -0.384. The van der Waals surface area contributed by atoms with Crippen molar-refractivity contribution in [3.05, 3.63) is 56.2 Å². The van der Waals surface area contributed by atoms with Gasteiger partial charge in [-0.05, 0) is 12.1 Å². The maximum atomic E-state index is 10.7. The summed E-state index contributed by atoms with van der Waals surface area (Å²) in [6.07, 6.45) is 1.35. The summed E-state index contributed by atoms with van der Waals surface area (Å²) in [5.41, 5.74) is 5.42. The molecule has 21 heavy (non-hydrogen) atoms. The molecular formula is C12H8Cl2N4O3. The molecule has 1 aromatic heterocycles. The number of nitrogens with one attached hydrogen (secondary N) is 1. The molecule has 108 valence electrons. The van der Waals surface area contributed by atoms with Crippen molar-refractivity contribution >= 4 is 34.7 Å². The van der Waals surface area contributed by atoms with E-state index in [0.717, 1.165) is 6.07 Å². The van der Waals surface area contributed by atoms with Crippen LogP contribution in [0.15, 0.2) is 30.5 Å². The number of non-ortho nitro benzene ring substituents is 1. The molecule has 0 aliphatic heterocycles. The molecule has 0 aliphatic carbocycles. The minimum Gasteiger partial charge on any atom is -0.436 e. The molecule has 0 fully saturated rings. The number of aromatic nitrogens is 1. The summed E-state index contributed by atoms with van der Waals surface area (Å²) in [7, 11) is 0. The predicted molar refractivity (Wildman–Crippen MR) is 78.4 cm³/mol. The number of ether oxygens (including phenoxy) is 1. The van der Waals surface area contributed by atoms with Gasteiger partial charge in [0.15, 0.2) is 5.75 Å². The van der Waals surface area contributed by atoms with E-state index < -0.39 is 4.92 Å². The third kappa shape index (κ3) is 3.21. The smallest absolute Gasteiger partial charge is 0.273 e. The predicted octanol–water partition coefficient (Wildman–Crippen LogP) is 3.37. The maximum Gasteiger partial charge on any atom is 0.273 e. The Balaban J connectivity index is 2.43. The van der Waals surface area contributed by atoms with Crippen LogP contribution in [0.2, 0.25) is 10.0 Å². The van der Waals surface area contributed by atoms with Crippen LogP contribution in [-0.4, -0.2) is 15.7 Å². The number of nitro groups is 1. The fraction of sp³-hybridized carbons (Fsp3) is 0. The number of nitrogen functional groups attached to an aromatic ring is 1. The molecular weight excluding hydrogens is 319 g/mol. The van der Waals surface area contributed by atoms with Crippen LogP contribution in [0.25, 0.3) is 0 Å². The molecule has 0 unspecified atom stereocenters. The average molecular weight is 327 g/mol. The highest BCUT2D eigenvalue weighted by Crippen LogP contribution is 2.35. The molecule has 3 N–H and O–H groups in total. The van der Waals surface area contributed by atoms with E-state index in [4.69, 9.17) is 39.1 Å². The van der Waals surface area contributed by atoms with Crippen molar-refractivity contribution in [1.29, 1.82) is 5.41 Å². The van der Waals surface area contributed by atoms with Crippen LogP contribution < -0.4 is 10.5 Å². The number of hydrogen-bond donors (Lipinski definition) is 2. The topological polar surface area (TPSA) is 115 Å². The maximum absolute atomic E-state index is 10.7. The Morgan fingerprint density at radius 3 is 2.71 bits per heavy atom. The first-order valence-electron chi connectivity index (χ1n) is 5.51.